The SMILES string of the molecule is C(=N[C@H]1CCCC[C@@H]1N=Cc1ccccn1)c1ccccn1. The van der Waals surface area contributed by atoms with Gasteiger partial charge in [-0.1, -0.05) is 25.0 Å². The number of pyridine rings is 2. The second-order valence-corrected chi connectivity index (χ2v) is 5.48. The van der Waals surface area contributed by atoms with E-state index >= 15 is 0 Å². The Labute approximate surface area is 131 Å². The molecular formula is C18H20N4. The van der Waals surface area contributed by atoms with Gasteiger partial charge in [-0.15, -0.1) is 0 Å². The van der Waals surface area contributed by atoms with Crippen molar-refractivity contribution in [1.82, 2.24) is 9.97 Å². The molecule has 2 heterocycles. The molecule has 0 saturated heterocycles. The Balaban J connectivity index is 1.69. The normalized spacial score (nSPS) is 22.4. The molecule has 4 heteroatoms. The smallest absolute Gasteiger partial charge is 0.0807 e. The minimum atomic E-state index is 0.246. The summed E-state index contributed by atoms with van der Waals surface area (Å²) in [6.07, 6.45) is 12.0. The molecule has 2 aromatic rings. The van der Waals surface area contributed by atoms with E-state index in [0.29, 0.717) is 0 Å². The van der Waals surface area contributed by atoms with E-state index in [1.54, 1.807) is 12.4 Å². The van der Waals surface area contributed by atoms with Gasteiger partial charge in [0.2, 0.25) is 0 Å². The molecular weight excluding hydrogens is 272 g/mol. The van der Waals surface area contributed by atoms with Crippen LogP contribution >= 0.6 is 0 Å². The van der Waals surface area contributed by atoms with Gasteiger partial charge in [-0.2, -0.15) is 0 Å². The number of nitrogens with zero attached hydrogens (tertiary/aromatic N) is 4. The van der Waals surface area contributed by atoms with Crippen LogP contribution in [0.2, 0.25) is 0 Å². The molecule has 1 aliphatic rings. The highest BCUT2D eigenvalue weighted by molar-refractivity contribution is 5.77. The van der Waals surface area contributed by atoms with Crippen molar-refractivity contribution in [3.63, 3.8) is 0 Å². The Morgan fingerprint density at radius 2 is 1.27 bits per heavy atom. The van der Waals surface area contributed by atoms with Crippen molar-refractivity contribution in [2.45, 2.75) is 37.8 Å². The molecule has 3 rings (SSSR count). The summed E-state index contributed by atoms with van der Waals surface area (Å²) in [7, 11) is 0. The fourth-order valence-electron chi connectivity index (χ4n) is 2.69. The van der Waals surface area contributed by atoms with Gasteiger partial charge in [0, 0.05) is 24.8 Å². The van der Waals surface area contributed by atoms with Crippen molar-refractivity contribution in [1.29, 1.82) is 0 Å². The minimum Gasteiger partial charge on any atom is -0.285 e. The highest BCUT2D eigenvalue weighted by Gasteiger charge is 2.23. The average Bonchev–Trinajstić information content (AvgIpc) is 2.61. The Morgan fingerprint density at radius 3 is 1.68 bits per heavy atom. The van der Waals surface area contributed by atoms with Crippen LogP contribution in [0.15, 0.2) is 58.8 Å². The van der Waals surface area contributed by atoms with E-state index in [9.17, 15) is 0 Å². The van der Waals surface area contributed by atoms with E-state index in [2.05, 4.69) is 9.97 Å². The molecule has 0 aromatic carbocycles. The van der Waals surface area contributed by atoms with Crippen molar-refractivity contribution in [2.75, 3.05) is 0 Å². The van der Waals surface area contributed by atoms with Gasteiger partial charge in [-0.3, -0.25) is 20.0 Å². The highest BCUT2D eigenvalue weighted by atomic mass is 14.9. The van der Waals surface area contributed by atoms with Gasteiger partial charge >= 0.3 is 0 Å². The Morgan fingerprint density at radius 1 is 0.773 bits per heavy atom. The van der Waals surface area contributed by atoms with Crippen molar-refractivity contribution in [3.05, 3.63) is 60.2 Å². The first kappa shape index (κ1) is 14.6. The Bertz CT molecular complexity index is 565. The van der Waals surface area contributed by atoms with Crippen molar-refractivity contribution < 1.29 is 0 Å². The second-order valence-electron chi connectivity index (χ2n) is 5.48. The van der Waals surface area contributed by atoms with E-state index in [1.807, 2.05) is 48.8 Å². The zero-order chi connectivity index (χ0) is 15.0. The average molecular weight is 292 g/mol. The summed E-state index contributed by atoms with van der Waals surface area (Å²) in [5.74, 6) is 0. The lowest BCUT2D eigenvalue weighted by Crippen LogP contribution is -2.27. The number of hydrogen-bond acceptors (Lipinski definition) is 4. The van der Waals surface area contributed by atoms with Gasteiger partial charge in [0.1, 0.15) is 0 Å². The first-order valence-electron chi connectivity index (χ1n) is 7.80. The first-order chi connectivity index (χ1) is 10.9. The van der Waals surface area contributed by atoms with Gasteiger partial charge in [0.25, 0.3) is 0 Å². The third kappa shape index (κ3) is 4.07. The zero-order valence-corrected chi connectivity index (χ0v) is 12.5. The monoisotopic (exact) mass is 292 g/mol. The lowest BCUT2D eigenvalue weighted by Gasteiger charge is -2.25. The molecule has 0 N–H and O–H groups in total. The molecule has 2 atom stereocenters. The van der Waals surface area contributed by atoms with Crippen LogP contribution in [0.1, 0.15) is 37.1 Å². The van der Waals surface area contributed by atoms with Crippen LogP contribution in [0, 0.1) is 0 Å². The van der Waals surface area contributed by atoms with E-state index in [4.69, 9.17) is 9.98 Å². The predicted octanol–water partition coefficient (Wildman–Crippen LogP) is 3.33. The molecule has 0 aliphatic heterocycles. The van der Waals surface area contributed by atoms with E-state index in [-0.39, 0.29) is 12.1 Å². The van der Waals surface area contributed by atoms with Gasteiger partial charge < -0.3 is 0 Å². The zero-order valence-electron chi connectivity index (χ0n) is 12.5. The number of aliphatic imine (C=N–C) groups is 2. The summed E-state index contributed by atoms with van der Waals surface area (Å²) in [4.78, 5) is 18.0. The third-order valence-electron chi connectivity index (χ3n) is 3.87. The quantitative estimate of drug-likeness (QED) is 0.812. The maximum absolute atomic E-state index is 4.73. The summed E-state index contributed by atoms with van der Waals surface area (Å²) in [5, 5.41) is 0. The summed E-state index contributed by atoms with van der Waals surface area (Å²) in [5.41, 5.74) is 1.81. The van der Waals surface area contributed by atoms with Crippen LogP contribution < -0.4 is 0 Å². The molecule has 1 aliphatic carbocycles. The van der Waals surface area contributed by atoms with Crippen LogP contribution in [0.25, 0.3) is 0 Å². The standard InChI is InChI=1S/C18H20N4/c1-2-10-18(22-14-16-8-4-6-12-20-16)17(9-1)21-13-15-7-3-5-11-19-15/h3-8,11-14,17-18H,1-2,9-10H2/t17-,18-/m0/s1. The summed E-state index contributed by atoms with van der Waals surface area (Å²) in [6.45, 7) is 0. The van der Waals surface area contributed by atoms with Crippen molar-refractivity contribution in [3.8, 4) is 0 Å². The van der Waals surface area contributed by atoms with Gasteiger partial charge in [-0.05, 0) is 37.1 Å². The van der Waals surface area contributed by atoms with Crippen molar-refractivity contribution >= 4 is 12.4 Å². The summed E-state index contributed by atoms with van der Waals surface area (Å²) in [6, 6.07) is 12.2. The first-order valence-corrected chi connectivity index (χ1v) is 7.80. The molecule has 112 valence electrons. The van der Waals surface area contributed by atoms with Crippen LogP contribution in [0.5, 0.6) is 0 Å². The third-order valence-corrected chi connectivity index (χ3v) is 3.87. The van der Waals surface area contributed by atoms with Gasteiger partial charge in [0.05, 0.1) is 23.5 Å². The molecule has 2 aromatic heterocycles. The minimum absolute atomic E-state index is 0.246. The largest absolute Gasteiger partial charge is 0.285 e. The highest BCUT2D eigenvalue weighted by Crippen LogP contribution is 2.23. The summed E-state index contributed by atoms with van der Waals surface area (Å²) < 4.78 is 0. The number of hydrogen-bond donors (Lipinski definition) is 0. The molecule has 0 radical (unpaired) electrons. The van der Waals surface area contributed by atoms with Crippen molar-refractivity contribution in [2.24, 2.45) is 9.98 Å². The van der Waals surface area contributed by atoms with E-state index < -0.39 is 0 Å². The molecule has 22 heavy (non-hydrogen) atoms. The van der Waals surface area contributed by atoms with Gasteiger partial charge in [-0.25, -0.2) is 0 Å². The lowest BCUT2D eigenvalue weighted by molar-refractivity contribution is 0.390. The van der Waals surface area contributed by atoms with Crippen LogP contribution in [-0.2, 0) is 0 Å². The molecule has 0 amide bonds. The van der Waals surface area contributed by atoms with E-state index in [1.165, 1.54) is 12.8 Å². The lowest BCUT2D eigenvalue weighted by atomic mass is 9.91. The maximum atomic E-state index is 4.73. The molecule has 4 nitrogen and oxygen atoms in total. The van der Waals surface area contributed by atoms with Gasteiger partial charge in [0.15, 0.2) is 0 Å². The topological polar surface area (TPSA) is 50.5 Å². The second kappa shape index (κ2) is 7.59. The molecule has 0 unspecified atom stereocenters. The van der Waals surface area contributed by atoms with Crippen LogP contribution in [0.3, 0.4) is 0 Å². The molecule has 1 saturated carbocycles. The maximum Gasteiger partial charge on any atom is 0.0807 e. The molecule has 0 bridgehead atoms. The Kier molecular flexibility index (Phi) is 5.03. The molecule has 1 fully saturated rings. The predicted molar refractivity (Wildman–Crippen MR) is 89.7 cm³/mol. The van der Waals surface area contributed by atoms with Crippen LogP contribution in [-0.4, -0.2) is 34.5 Å². The fourth-order valence-corrected chi connectivity index (χ4v) is 2.69. The van der Waals surface area contributed by atoms with E-state index in [0.717, 1.165) is 24.2 Å². The molecule has 0 spiro atoms. The fraction of sp³-hybridized carbons (Fsp3) is 0.333. The number of rotatable bonds is 4. The Hall–Kier alpha value is -2.36. The van der Waals surface area contributed by atoms with Crippen LogP contribution in [0.4, 0.5) is 0 Å². The number of aromatic nitrogens is 2. The summed E-state index contributed by atoms with van der Waals surface area (Å²) >= 11 is 0.